The Morgan fingerprint density at radius 1 is 0.833 bits per heavy atom. The molecule has 5 nitrogen and oxygen atoms in total. The molecule has 0 spiro atoms. The van der Waals surface area contributed by atoms with Crippen LogP contribution in [0.15, 0.2) is 72.8 Å². The standard InChI is InChI=1S/C25H24N2O3/c26-24-21(11-6-12-22(24)25(29)18-7-2-1-3-8-18)20-10-5-4-9-19(20)17-23(28)27-13-15-30-16-14-27/h1-12H,13-17,26H2. The van der Waals surface area contributed by atoms with E-state index < -0.39 is 0 Å². The number of morpholine rings is 1. The molecular formula is C25H24N2O3. The number of nitrogens with two attached hydrogens (primary N) is 1. The van der Waals surface area contributed by atoms with Crippen molar-refractivity contribution in [3.05, 3.63) is 89.5 Å². The van der Waals surface area contributed by atoms with Crippen LogP contribution in [0.1, 0.15) is 21.5 Å². The van der Waals surface area contributed by atoms with Crippen LogP contribution in [0, 0.1) is 0 Å². The number of ketones is 1. The first-order chi connectivity index (χ1) is 14.6. The summed E-state index contributed by atoms with van der Waals surface area (Å²) in [5, 5.41) is 0. The molecule has 3 aromatic rings. The van der Waals surface area contributed by atoms with E-state index in [-0.39, 0.29) is 18.1 Å². The number of amides is 1. The lowest BCUT2D eigenvalue weighted by molar-refractivity contribution is -0.134. The maximum atomic E-state index is 13.0. The summed E-state index contributed by atoms with van der Waals surface area (Å²) in [5.74, 6) is -0.0438. The zero-order valence-electron chi connectivity index (χ0n) is 16.7. The van der Waals surface area contributed by atoms with Crippen LogP contribution < -0.4 is 5.73 Å². The fraction of sp³-hybridized carbons (Fsp3) is 0.200. The number of hydrogen-bond acceptors (Lipinski definition) is 4. The molecule has 1 aliphatic heterocycles. The van der Waals surface area contributed by atoms with Crippen molar-refractivity contribution in [1.29, 1.82) is 0 Å². The number of carbonyl (C=O) groups excluding carboxylic acids is 2. The number of nitrogen functional groups attached to an aromatic ring is 1. The number of anilines is 1. The van der Waals surface area contributed by atoms with Gasteiger partial charge in [-0.25, -0.2) is 0 Å². The van der Waals surface area contributed by atoms with Gasteiger partial charge in [-0.2, -0.15) is 0 Å². The molecule has 1 aliphatic rings. The van der Waals surface area contributed by atoms with Crippen molar-refractivity contribution < 1.29 is 14.3 Å². The lowest BCUT2D eigenvalue weighted by Gasteiger charge is -2.27. The first kappa shape index (κ1) is 19.9. The minimum atomic E-state index is -0.114. The highest BCUT2D eigenvalue weighted by atomic mass is 16.5. The highest BCUT2D eigenvalue weighted by Gasteiger charge is 2.20. The molecule has 1 heterocycles. The van der Waals surface area contributed by atoms with Crippen molar-refractivity contribution in [3.8, 4) is 11.1 Å². The van der Waals surface area contributed by atoms with Gasteiger partial charge in [-0.15, -0.1) is 0 Å². The maximum absolute atomic E-state index is 13.0. The summed E-state index contributed by atoms with van der Waals surface area (Å²) in [7, 11) is 0. The Morgan fingerprint density at radius 2 is 1.50 bits per heavy atom. The number of nitrogens with zero attached hydrogens (tertiary/aromatic N) is 1. The van der Waals surface area contributed by atoms with Crippen molar-refractivity contribution >= 4 is 17.4 Å². The first-order valence-electron chi connectivity index (χ1n) is 10.1. The number of carbonyl (C=O) groups is 2. The molecule has 4 rings (SSSR count). The Bertz CT molecular complexity index is 1060. The van der Waals surface area contributed by atoms with Crippen LogP contribution in [-0.2, 0) is 16.0 Å². The molecule has 1 fully saturated rings. The minimum Gasteiger partial charge on any atom is -0.398 e. The Hall–Kier alpha value is -3.44. The summed E-state index contributed by atoms with van der Waals surface area (Å²) in [6.45, 7) is 2.38. The zero-order chi connectivity index (χ0) is 20.9. The largest absolute Gasteiger partial charge is 0.398 e. The third-order valence-corrected chi connectivity index (χ3v) is 5.40. The number of para-hydroxylation sites is 1. The van der Waals surface area contributed by atoms with Crippen molar-refractivity contribution in [2.24, 2.45) is 0 Å². The van der Waals surface area contributed by atoms with E-state index >= 15 is 0 Å². The molecule has 0 saturated carbocycles. The van der Waals surface area contributed by atoms with Gasteiger partial charge in [-0.3, -0.25) is 9.59 Å². The molecule has 5 heteroatoms. The minimum absolute atomic E-state index is 0.0702. The lowest BCUT2D eigenvalue weighted by Crippen LogP contribution is -2.41. The van der Waals surface area contributed by atoms with Gasteiger partial charge in [0.15, 0.2) is 5.78 Å². The number of hydrogen-bond donors (Lipinski definition) is 1. The van der Waals surface area contributed by atoms with Crippen LogP contribution in [0.5, 0.6) is 0 Å². The summed E-state index contributed by atoms with van der Waals surface area (Å²) in [6.07, 6.45) is 0.284. The molecule has 2 N–H and O–H groups in total. The van der Waals surface area contributed by atoms with E-state index in [1.54, 1.807) is 18.2 Å². The molecule has 3 aromatic carbocycles. The van der Waals surface area contributed by atoms with E-state index in [4.69, 9.17) is 10.5 Å². The van der Waals surface area contributed by atoms with Crippen LogP contribution >= 0.6 is 0 Å². The predicted octanol–water partition coefficient (Wildman–Crippen LogP) is 3.57. The second-order valence-electron chi connectivity index (χ2n) is 7.29. The Kier molecular flexibility index (Phi) is 5.91. The van der Waals surface area contributed by atoms with Gasteiger partial charge in [0.25, 0.3) is 0 Å². The molecule has 152 valence electrons. The molecule has 0 atom stereocenters. The summed E-state index contributed by atoms with van der Waals surface area (Å²) >= 11 is 0. The summed E-state index contributed by atoms with van der Waals surface area (Å²) < 4.78 is 5.34. The predicted molar refractivity (Wildman–Crippen MR) is 117 cm³/mol. The zero-order valence-corrected chi connectivity index (χ0v) is 16.7. The molecule has 0 unspecified atom stereocenters. The third-order valence-electron chi connectivity index (χ3n) is 5.40. The third kappa shape index (κ3) is 4.11. The molecule has 1 saturated heterocycles. The van der Waals surface area contributed by atoms with Crippen molar-refractivity contribution in [2.45, 2.75) is 6.42 Å². The van der Waals surface area contributed by atoms with Crippen molar-refractivity contribution in [3.63, 3.8) is 0 Å². The SMILES string of the molecule is Nc1c(C(=O)c2ccccc2)cccc1-c1ccccc1CC(=O)N1CCOCC1. The van der Waals surface area contributed by atoms with Gasteiger partial charge >= 0.3 is 0 Å². The molecule has 0 bridgehead atoms. The van der Waals surface area contributed by atoms with Crippen molar-refractivity contribution in [2.75, 3.05) is 32.0 Å². The molecule has 30 heavy (non-hydrogen) atoms. The summed E-state index contributed by atoms with van der Waals surface area (Å²) in [6, 6.07) is 22.3. The second kappa shape index (κ2) is 8.93. The Labute approximate surface area is 176 Å². The molecule has 1 amide bonds. The number of benzene rings is 3. The smallest absolute Gasteiger partial charge is 0.227 e. The fourth-order valence-electron chi connectivity index (χ4n) is 3.77. The van der Waals surface area contributed by atoms with E-state index in [9.17, 15) is 9.59 Å². The normalized spacial score (nSPS) is 13.8. The van der Waals surface area contributed by atoms with Crippen molar-refractivity contribution in [1.82, 2.24) is 4.90 Å². The van der Waals surface area contributed by atoms with Crippen LogP contribution in [0.25, 0.3) is 11.1 Å². The average molecular weight is 400 g/mol. The average Bonchev–Trinajstić information content (AvgIpc) is 2.80. The number of rotatable bonds is 5. The van der Waals surface area contributed by atoms with Gasteiger partial charge in [-0.1, -0.05) is 66.7 Å². The van der Waals surface area contributed by atoms with E-state index in [2.05, 4.69) is 0 Å². The molecular weight excluding hydrogens is 376 g/mol. The van der Waals surface area contributed by atoms with Gasteiger partial charge in [0.2, 0.25) is 5.91 Å². The first-order valence-corrected chi connectivity index (χ1v) is 10.1. The van der Waals surface area contributed by atoms with Gasteiger partial charge in [0, 0.05) is 29.8 Å². The molecule has 0 radical (unpaired) electrons. The van der Waals surface area contributed by atoms with Gasteiger partial charge in [0.05, 0.1) is 25.3 Å². The number of ether oxygens (including phenoxy) is 1. The van der Waals surface area contributed by atoms with E-state index in [1.807, 2.05) is 59.5 Å². The highest BCUT2D eigenvalue weighted by Crippen LogP contribution is 2.32. The van der Waals surface area contributed by atoms with Crippen LogP contribution in [0.4, 0.5) is 5.69 Å². The summed E-state index contributed by atoms with van der Waals surface area (Å²) in [5.41, 5.74) is 10.5. The van der Waals surface area contributed by atoms with Gasteiger partial charge < -0.3 is 15.4 Å². The second-order valence-corrected chi connectivity index (χ2v) is 7.29. The maximum Gasteiger partial charge on any atom is 0.227 e. The van der Waals surface area contributed by atoms with E-state index in [0.717, 1.165) is 16.7 Å². The molecule has 0 aromatic heterocycles. The Morgan fingerprint density at radius 3 is 2.27 bits per heavy atom. The van der Waals surface area contributed by atoms with E-state index in [1.165, 1.54) is 0 Å². The topological polar surface area (TPSA) is 72.6 Å². The fourth-order valence-corrected chi connectivity index (χ4v) is 3.77. The monoisotopic (exact) mass is 400 g/mol. The highest BCUT2D eigenvalue weighted by molar-refractivity contribution is 6.13. The van der Waals surface area contributed by atoms with Crippen LogP contribution in [-0.4, -0.2) is 42.9 Å². The Balaban J connectivity index is 1.66. The lowest BCUT2D eigenvalue weighted by atomic mass is 9.92. The summed E-state index contributed by atoms with van der Waals surface area (Å²) in [4.78, 5) is 27.6. The van der Waals surface area contributed by atoms with E-state index in [0.29, 0.717) is 43.1 Å². The van der Waals surface area contributed by atoms with Gasteiger partial charge in [0.1, 0.15) is 0 Å². The quantitative estimate of drug-likeness (QED) is 0.525. The van der Waals surface area contributed by atoms with Gasteiger partial charge in [-0.05, 0) is 17.2 Å². The molecule has 0 aliphatic carbocycles. The van der Waals surface area contributed by atoms with Crippen LogP contribution in [0.3, 0.4) is 0 Å². The van der Waals surface area contributed by atoms with Crippen LogP contribution in [0.2, 0.25) is 0 Å².